The molecule has 1 saturated heterocycles. The van der Waals surface area contributed by atoms with E-state index in [2.05, 4.69) is 56.4 Å². The molecule has 4 heteroatoms. The average Bonchev–Trinajstić information content (AvgIpc) is 2.56. The van der Waals surface area contributed by atoms with Gasteiger partial charge >= 0.3 is 0 Å². The molecular weight excluding hydrogens is 300 g/mol. The first kappa shape index (κ1) is 18.7. The highest BCUT2D eigenvalue weighted by molar-refractivity contribution is 5.78. The summed E-state index contributed by atoms with van der Waals surface area (Å²) in [6.07, 6.45) is 2.22. The third kappa shape index (κ3) is 4.46. The average molecular weight is 330 g/mol. The van der Waals surface area contributed by atoms with Crippen LogP contribution in [0.1, 0.15) is 38.8 Å². The number of nitrogens with zero attached hydrogens (tertiary/aromatic N) is 1. The molecule has 1 aliphatic rings. The number of nitrogens with one attached hydrogen (secondary N) is 1. The SMILES string of the molecule is C/C=C(\c1ccccc1C)[C@@H](C)NCC1CN(C(C)C)C(=O)CO1. The molecule has 1 aromatic rings. The van der Waals surface area contributed by atoms with Gasteiger partial charge in [0, 0.05) is 25.2 Å². The molecule has 24 heavy (non-hydrogen) atoms. The Kier molecular flexibility index (Phi) is 6.58. The normalized spacial score (nSPS) is 20.6. The van der Waals surface area contributed by atoms with E-state index in [4.69, 9.17) is 4.74 Å². The monoisotopic (exact) mass is 330 g/mol. The number of amides is 1. The number of ether oxygens (including phenoxy) is 1. The molecule has 1 unspecified atom stereocenters. The number of aryl methyl sites for hydroxylation is 1. The molecule has 0 bridgehead atoms. The predicted octanol–water partition coefficient (Wildman–Crippen LogP) is 3.01. The summed E-state index contributed by atoms with van der Waals surface area (Å²) in [6.45, 7) is 12.1. The van der Waals surface area contributed by atoms with Crippen LogP contribution in [-0.4, -0.2) is 48.7 Å². The van der Waals surface area contributed by atoms with Crippen molar-refractivity contribution in [2.45, 2.75) is 52.8 Å². The summed E-state index contributed by atoms with van der Waals surface area (Å²) < 4.78 is 5.69. The molecule has 1 aromatic carbocycles. The first-order valence-electron chi connectivity index (χ1n) is 8.80. The molecule has 0 aliphatic carbocycles. The third-order valence-electron chi connectivity index (χ3n) is 4.67. The van der Waals surface area contributed by atoms with Crippen LogP contribution in [0.3, 0.4) is 0 Å². The first-order chi connectivity index (χ1) is 11.4. The third-order valence-corrected chi connectivity index (χ3v) is 4.67. The first-order valence-corrected chi connectivity index (χ1v) is 8.80. The van der Waals surface area contributed by atoms with Gasteiger partial charge in [0.05, 0.1) is 6.10 Å². The van der Waals surface area contributed by atoms with Gasteiger partial charge < -0.3 is 15.0 Å². The van der Waals surface area contributed by atoms with Crippen molar-refractivity contribution >= 4 is 11.5 Å². The molecule has 0 spiro atoms. The van der Waals surface area contributed by atoms with Gasteiger partial charge in [-0.3, -0.25) is 4.79 Å². The Morgan fingerprint density at radius 2 is 2.08 bits per heavy atom. The van der Waals surface area contributed by atoms with E-state index in [0.717, 1.165) is 6.54 Å². The molecule has 4 nitrogen and oxygen atoms in total. The van der Waals surface area contributed by atoms with Crippen LogP contribution in [0.4, 0.5) is 0 Å². The molecule has 1 amide bonds. The number of hydrogen-bond donors (Lipinski definition) is 1. The maximum atomic E-state index is 11.9. The van der Waals surface area contributed by atoms with Crippen LogP contribution in [0.25, 0.3) is 5.57 Å². The van der Waals surface area contributed by atoms with Crippen LogP contribution in [0.2, 0.25) is 0 Å². The van der Waals surface area contributed by atoms with E-state index in [1.807, 2.05) is 18.7 Å². The molecule has 2 rings (SSSR count). The molecule has 0 aromatic heterocycles. The van der Waals surface area contributed by atoms with Crippen LogP contribution >= 0.6 is 0 Å². The Morgan fingerprint density at radius 1 is 1.38 bits per heavy atom. The van der Waals surface area contributed by atoms with Gasteiger partial charge in [-0.05, 0) is 51.3 Å². The summed E-state index contributed by atoms with van der Waals surface area (Å²) in [4.78, 5) is 13.8. The topological polar surface area (TPSA) is 41.6 Å². The highest BCUT2D eigenvalue weighted by Gasteiger charge is 2.28. The van der Waals surface area contributed by atoms with Crippen LogP contribution in [0.15, 0.2) is 30.3 Å². The van der Waals surface area contributed by atoms with E-state index in [9.17, 15) is 4.79 Å². The second-order valence-electron chi connectivity index (χ2n) is 6.76. The Labute approximate surface area is 145 Å². The van der Waals surface area contributed by atoms with E-state index in [1.54, 1.807) is 0 Å². The molecule has 1 heterocycles. The molecule has 0 radical (unpaired) electrons. The standard InChI is InChI=1S/C20H30N2O2/c1-6-18(19-10-8-7-9-15(19)4)16(5)21-11-17-12-22(14(2)3)20(23)13-24-17/h6-10,14,16-17,21H,11-13H2,1-5H3/b18-6-/t16-,17?/m1/s1. The molecule has 2 atom stereocenters. The Morgan fingerprint density at radius 3 is 2.71 bits per heavy atom. The zero-order valence-corrected chi connectivity index (χ0v) is 15.5. The maximum Gasteiger partial charge on any atom is 0.248 e. The van der Waals surface area contributed by atoms with E-state index >= 15 is 0 Å². The van der Waals surface area contributed by atoms with E-state index in [1.165, 1.54) is 16.7 Å². The van der Waals surface area contributed by atoms with Crippen molar-refractivity contribution in [2.75, 3.05) is 19.7 Å². The van der Waals surface area contributed by atoms with E-state index < -0.39 is 0 Å². The van der Waals surface area contributed by atoms with E-state index in [0.29, 0.717) is 6.54 Å². The van der Waals surface area contributed by atoms with Crippen LogP contribution < -0.4 is 5.32 Å². The van der Waals surface area contributed by atoms with Gasteiger partial charge in [-0.1, -0.05) is 30.3 Å². The van der Waals surface area contributed by atoms with Gasteiger partial charge in [-0.2, -0.15) is 0 Å². The van der Waals surface area contributed by atoms with Crippen molar-refractivity contribution < 1.29 is 9.53 Å². The number of hydrogen-bond acceptors (Lipinski definition) is 3. The fourth-order valence-electron chi connectivity index (χ4n) is 3.22. The Bertz CT molecular complexity index is 595. The summed E-state index contributed by atoms with van der Waals surface area (Å²) in [6, 6.07) is 8.90. The minimum absolute atomic E-state index is 0.0440. The molecule has 0 saturated carbocycles. The summed E-state index contributed by atoms with van der Waals surface area (Å²) in [5.41, 5.74) is 3.86. The Hall–Kier alpha value is -1.65. The number of benzene rings is 1. The lowest BCUT2D eigenvalue weighted by Gasteiger charge is -2.36. The van der Waals surface area contributed by atoms with Crippen molar-refractivity contribution in [3.8, 4) is 0 Å². The number of carbonyl (C=O) groups is 1. The zero-order chi connectivity index (χ0) is 17.7. The number of rotatable bonds is 6. The Balaban J connectivity index is 1.96. The number of allylic oxidation sites excluding steroid dienone is 1. The summed E-state index contributed by atoms with van der Waals surface area (Å²) in [5, 5.41) is 3.57. The lowest BCUT2D eigenvalue weighted by molar-refractivity contribution is -0.151. The quantitative estimate of drug-likeness (QED) is 0.872. The second-order valence-corrected chi connectivity index (χ2v) is 6.76. The predicted molar refractivity (Wildman–Crippen MR) is 98.9 cm³/mol. The van der Waals surface area contributed by atoms with Crippen LogP contribution in [0.5, 0.6) is 0 Å². The summed E-state index contributed by atoms with van der Waals surface area (Å²) in [7, 11) is 0. The van der Waals surface area contributed by atoms with Crippen molar-refractivity contribution in [2.24, 2.45) is 0 Å². The van der Waals surface area contributed by atoms with Crippen LogP contribution in [0, 0.1) is 6.92 Å². The lowest BCUT2D eigenvalue weighted by Crippen LogP contribution is -2.53. The molecule has 132 valence electrons. The van der Waals surface area contributed by atoms with Gasteiger partial charge in [0.1, 0.15) is 6.61 Å². The molecule has 1 fully saturated rings. The minimum atomic E-state index is 0.0440. The largest absolute Gasteiger partial charge is 0.365 e. The highest BCUT2D eigenvalue weighted by atomic mass is 16.5. The number of carbonyl (C=O) groups excluding carboxylic acids is 1. The van der Waals surface area contributed by atoms with Gasteiger partial charge in [0.15, 0.2) is 0 Å². The van der Waals surface area contributed by atoms with E-state index in [-0.39, 0.29) is 30.7 Å². The van der Waals surface area contributed by atoms with Gasteiger partial charge in [0.2, 0.25) is 5.91 Å². The number of morpholine rings is 1. The second kappa shape index (κ2) is 8.45. The smallest absolute Gasteiger partial charge is 0.248 e. The molecule has 1 N–H and O–H groups in total. The van der Waals surface area contributed by atoms with Crippen molar-refractivity contribution in [3.05, 3.63) is 41.5 Å². The molecular formula is C20H30N2O2. The van der Waals surface area contributed by atoms with Crippen LogP contribution in [-0.2, 0) is 9.53 Å². The van der Waals surface area contributed by atoms with Crippen molar-refractivity contribution in [3.63, 3.8) is 0 Å². The zero-order valence-electron chi connectivity index (χ0n) is 15.5. The van der Waals surface area contributed by atoms with Crippen molar-refractivity contribution in [1.29, 1.82) is 0 Å². The van der Waals surface area contributed by atoms with Gasteiger partial charge in [0.25, 0.3) is 0 Å². The fourth-order valence-corrected chi connectivity index (χ4v) is 3.22. The highest BCUT2D eigenvalue weighted by Crippen LogP contribution is 2.22. The van der Waals surface area contributed by atoms with Gasteiger partial charge in [-0.15, -0.1) is 0 Å². The van der Waals surface area contributed by atoms with Gasteiger partial charge in [-0.25, -0.2) is 0 Å². The fraction of sp³-hybridized carbons (Fsp3) is 0.550. The molecule has 1 aliphatic heterocycles. The summed E-state index contributed by atoms with van der Waals surface area (Å²) >= 11 is 0. The summed E-state index contributed by atoms with van der Waals surface area (Å²) in [5.74, 6) is 0.0864. The van der Waals surface area contributed by atoms with Crippen molar-refractivity contribution in [1.82, 2.24) is 10.2 Å². The minimum Gasteiger partial charge on any atom is -0.365 e. The maximum absolute atomic E-state index is 11.9. The lowest BCUT2D eigenvalue weighted by atomic mass is 9.95.